The molecule has 1 heterocycles. The van der Waals surface area contributed by atoms with Gasteiger partial charge in [-0.3, -0.25) is 0 Å². The molecule has 0 radical (unpaired) electrons. The van der Waals surface area contributed by atoms with Crippen molar-refractivity contribution >= 4 is 6.09 Å². The first-order chi connectivity index (χ1) is 8.35. The fourth-order valence-electron chi connectivity index (χ4n) is 2.67. The molecule has 1 rings (SSSR count). The lowest BCUT2D eigenvalue weighted by atomic mass is 9.88. The summed E-state index contributed by atoms with van der Waals surface area (Å²) in [5.41, 5.74) is -0.337. The maximum absolute atomic E-state index is 12.2. The lowest BCUT2D eigenvalue weighted by molar-refractivity contribution is -0.000781. The number of rotatable bonds is 4. The molecular weight excluding hydrogens is 226 g/mol. The largest absolute Gasteiger partial charge is 0.443 e. The Morgan fingerprint density at radius 1 is 1.44 bits per heavy atom. The Labute approximate surface area is 112 Å². The van der Waals surface area contributed by atoms with E-state index in [0.717, 1.165) is 32.4 Å². The minimum absolute atomic E-state index is 0.126. The second-order valence-corrected chi connectivity index (χ2v) is 6.47. The fraction of sp³-hybridized carbons (Fsp3) is 0.933. The first kappa shape index (κ1) is 15.3. The molecule has 1 atom stereocenters. The van der Waals surface area contributed by atoms with Gasteiger partial charge in [-0.1, -0.05) is 27.2 Å². The zero-order chi connectivity index (χ0) is 13.8. The summed E-state index contributed by atoms with van der Waals surface area (Å²) in [6.07, 6.45) is 4.17. The third kappa shape index (κ3) is 4.51. The van der Waals surface area contributed by atoms with Crippen molar-refractivity contribution in [1.82, 2.24) is 4.90 Å². The van der Waals surface area contributed by atoms with Crippen molar-refractivity contribution < 1.29 is 9.53 Å². The average molecular weight is 255 g/mol. The molecule has 0 spiro atoms. The van der Waals surface area contributed by atoms with Crippen molar-refractivity contribution in [3.8, 4) is 0 Å². The number of hydrogen-bond donors (Lipinski definition) is 0. The Hall–Kier alpha value is -0.730. The van der Waals surface area contributed by atoms with Crippen molar-refractivity contribution in [2.75, 3.05) is 13.1 Å². The summed E-state index contributed by atoms with van der Waals surface area (Å²) in [4.78, 5) is 14.1. The van der Waals surface area contributed by atoms with Crippen molar-refractivity contribution in [3.05, 3.63) is 0 Å². The number of hydrogen-bond acceptors (Lipinski definition) is 2. The number of piperidine rings is 1. The van der Waals surface area contributed by atoms with Crippen LogP contribution in [0.25, 0.3) is 0 Å². The van der Waals surface area contributed by atoms with Gasteiger partial charge in [-0.15, -0.1) is 0 Å². The van der Waals surface area contributed by atoms with Gasteiger partial charge in [0.05, 0.1) is 0 Å². The van der Waals surface area contributed by atoms with Crippen LogP contribution in [0.3, 0.4) is 0 Å². The maximum atomic E-state index is 12.2. The highest BCUT2D eigenvalue weighted by molar-refractivity contribution is 5.68. The summed E-state index contributed by atoms with van der Waals surface area (Å²) < 4.78 is 5.63. The first-order valence-electron chi connectivity index (χ1n) is 7.33. The predicted octanol–water partition coefficient (Wildman–Crippen LogP) is 4.07. The van der Waals surface area contributed by atoms with Crippen LogP contribution in [-0.2, 0) is 4.74 Å². The van der Waals surface area contributed by atoms with Gasteiger partial charge < -0.3 is 9.64 Å². The molecule has 3 heteroatoms. The molecule has 1 aliphatic rings. The van der Waals surface area contributed by atoms with E-state index in [0.29, 0.717) is 11.8 Å². The molecule has 1 unspecified atom stereocenters. The lowest BCUT2D eigenvalue weighted by Crippen LogP contribution is -2.44. The lowest BCUT2D eigenvalue weighted by Gasteiger charge is -2.36. The van der Waals surface area contributed by atoms with Crippen LogP contribution in [-0.4, -0.2) is 29.7 Å². The molecule has 3 nitrogen and oxygen atoms in total. The van der Waals surface area contributed by atoms with Gasteiger partial charge in [0.25, 0.3) is 0 Å². The fourth-order valence-corrected chi connectivity index (χ4v) is 2.67. The molecule has 0 N–H and O–H groups in total. The summed E-state index contributed by atoms with van der Waals surface area (Å²) in [7, 11) is 0. The van der Waals surface area contributed by atoms with Crippen LogP contribution in [0.2, 0.25) is 0 Å². The zero-order valence-corrected chi connectivity index (χ0v) is 12.7. The molecule has 0 aliphatic carbocycles. The Morgan fingerprint density at radius 3 is 2.67 bits per heavy atom. The van der Waals surface area contributed by atoms with E-state index in [4.69, 9.17) is 4.74 Å². The quantitative estimate of drug-likeness (QED) is 0.758. The SMILES string of the molecule is CCCC(C)(C)OC(=O)N1CCCC(C(C)C)C1. The predicted molar refractivity (Wildman–Crippen MR) is 74.6 cm³/mol. The van der Waals surface area contributed by atoms with E-state index in [1.807, 2.05) is 18.7 Å². The van der Waals surface area contributed by atoms with Crippen molar-refractivity contribution in [1.29, 1.82) is 0 Å². The van der Waals surface area contributed by atoms with Crippen LogP contribution in [0.1, 0.15) is 60.3 Å². The van der Waals surface area contributed by atoms with Gasteiger partial charge in [-0.2, -0.15) is 0 Å². The number of carbonyl (C=O) groups excluding carboxylic acids is 1. The summed E-state index contributed by atoms with van der Waals surface area (Å²) in [5.74, 6) is 1.27. The van der Waals surface area contributed by atoms with E-state index < -0.39 is 0 Å². The molecule has 1 saturated heterocycles. The molecule has 0 aromatic heterocycles. The third-order valence-electron chi connectivity index (χ3n) is 3.87. The maximum Gasteiger partial charge on any atom is 0.410 e. The molecule has 0 bridgehead atoms. The van der Waals surface area contributed by atoms with Crippen molar-refractivity contribution in [2.24, 2.45) is 11.8 Å². The van der Waals surface area contributed by atoms with Crippen molar-refractivity contribution in [3.63, 3.8) is 0 Å². The molecule has 106 valence electrons. The van der Waals surface area contributed by atoms with Gasteiger partial charge in [0.1, 0.15) is 5.60 Å². The van der Waals surface area contributed by atoms with Crippen LogP contribution in [0.15, 0.2) is 0 Å². The van der Waals surface area contributed by atoms with E-state index in [1.165, 1.54) is 6.42 Å². The van der Waals surface area contributed by atoms with E-state index in [9.17, 15) is 4.79 Å². The van der Waals surface area contributed by atoms with E-state index in [1.54, 1.807) is 0 Å². The van der Waals surface area contributed by atoms with Crippen LogP contribution in [0, 0.1) is 11.8 Å². The minimum Gasteiger partial charge on any atom is -0.443 e. The van der Waals surface area contributed by atoms with Gasteiger partial charge >= 0.3 is 6.09 Å². The summed E-state index contributed by atoms with van der Waals surface area (Å²) in [6, 6.07) is 0. The highest BCUT2D eigenvalue weighted by Crippen LogP contribution is 2.25. The normalized spacial score (nSPS) is 21.2. The average Bonchev–Trinajstić information content (AvgIpc) is 2.28. The molecule has 1 fully saturated rings. The third-order valence-corrected chi connectivity index (χ3v) is 3.87. The number of amides is 1. The monoisotopic (exact) mass is 255 g/mol. The molecule has 0 aromatic carbocycles. The van der Waals surface area contributed by atoms with E-state index in [-0.39, 0.29) is 11.7 Å². The number of nitrogens with zero attached hydrogens (tertiary/aromatic N) is 1. The Kier molecular flexibility index (Phi) is 5.48. The number of ether oxygens (including phenoxy) is 1. The second kappa shape index (κ2) is 6.44. The van der Waals surface area contributed by atoms with Crippen LogP contribution in [0.5, 0.6) is 0 Å². The van der Waals surface area contributed by atoms with Gasteiger partial charge in [-0.05, 0) is 44.9 Å². The number of carbonyl (C=O) groups is 1. The van der Waals surface area contributed by atoms with Crippen LogP contribution < -0.4 is 0 Å². The second-order valence-electron chi connectivity index (χ2n) is 6.47. The van der Waals surface area contributed by atoms with E-state index in [2.05, 4.69) is 20.8 Å². The number of likely N-dealkylation sites (tertiary alicyclic amines) is 1. The molecule has 0 aromatic rings. The molecule has 1 amide bonds. The Morgan fingerprint density at radius 2 is 2.11 bits per heavy atom. The minimum atomic E-state index is -0.337. The standard InChI is InChI=1S/C15H29NO2/c1-6-9-15(4,5)18-14(17)16-10-7-8-13(11-16)12(2)3/h12-13H,6-11H2,1-5H3. The van der Waals surface area contributed by atoms with Gasteiger partial charge in [0, 0.05) is 13.1 Å². The topological polar surface area (TPSA) is 29.5 Å². The molecular formula is C15H29NO2. The summed E-state index contributed by atoms with van der Waals surface area (Å²) >= 11 is 0. The van der Waals surface area contributed by atoms with E-state index >= 15 is 0 Å². The molecule has 0 saturated carbocycles. The molecule has 1 aliphatic heterocycles. The van der Waals surface area contributed by atoms with Gasteiger partial charge in [-0.25, -0.2) is 4.79 Å². The Balaban J connectivity index is 2.51. The molecule has 18 heavy (non-hydrogen) atoms. The highest BCUT2D eigenvalue weighted by Gasteiger charge is 2.30. The Bertz CT molecular complexity index is 274. The smallest absolute Gasteiger partial charge is 0.410 e. The van der Waals surface area contributed by atoms with Gasteiger partial charge in [0.15, 0.2) is 0 Å². The van der Waals surface area contributed by atoms with Crippen molar-refractivity contribution in [2.45, 2.75) is 65.9 Å². The zero-order valence-electron chi connectivity index (χ0n) is 12.7. The van der Waals surface area contributed by atoms with Crippen LogP contribution >= 0.6 is 0 Å². The summed E-state index contributed by atoms with van der Waals surface area (Å²) in [6.45, 7) is 12.3. The van der Waals surface area contributed by atoms with Gasteiger partial charge in [0.2, 0.25) is 0 Å². The van der Waals surface area contributed by atoms with Crippen LogP contribution in [0.4, 0.5) is 4.79 Å². The first-order valence-corrected chi connectivity index (χ1v) is 7.33. The highest BCUT2D eigenvalue weighted by atomic mass is 16.6. The summed E-state index contributed by atoms with van der Waals surface area (Å²) in [5, 5.41) is 0.